The molecule has 247 valence electrons. The van der Waals surface area contributed by atoms with Crippen molar-refractivity contribution < 1.29 is 20.1 Å². The molecule has 8 rings (SSSR count). The zero-order chi connectivity index (χ0) is 32.6. The van der Waals surface area contributed by atoms with Crippen molar-refractivity contribution in [2.45, 2.75) is 78.1 Å². The van der Waals surface area contributed by atoms with E-state index in [0.29, 0.717) is 17.7 Å². The van der Waals surface area contributed by atoms with Gasteiger partial charge in [0, 0.05) is 56.3 Å². The van der Waals surface area contributed by atoms with Gasteiger partial charge in [0.05, 0.1) is 0 Å². The fourth-order valence-electron chi connectivity index (χ4n) is 8.02. The van der Waals surface area contributed by atoms with Gasteiger partial charge in [0.15, 0.2) is 5.82 Å². The molecule has 3 aliphatic rings. The topological polar surface area (TPSA) is 58.0 Å². The summed E-state index contributed by atoms with van der Waals surface area (Å²) in [6.07, 6.45) is 6.15. The van der Waals surface area contributed by atoms with E-state index in [4.69, 9.17) is 19.9 Å². The van der Waals surface area contributed by atoms with Gasteiger partial charge in [-0.3, -0.25) is 0 Å². The Labute approximate surface area is 298 Å². The molecule has 1 radical (unpaired) electrons. The molecule has 0 spiro atoms. The monoisotopic (exact) mass is 812 g/mol. The summed E-state index contributed by atoms with van der Waals surface area (Å²) in [4.78, 5) is 24.8. The van der Waals surface area contributed by atoms with Gasteiger partial charge in [-0.15, -0.1) is 34.9 Å². The van der Waals surface area contributed by atoms with Gasteiger partial charge in [0.1, 0.15) is 0 Å². The van der Waals surface area contributed by atoms with Gasteiger partial charge < -0.3 is 14.8 Å². The van der Waals surface area contributed by atoms with Crippen LogP contribution in [-0.4, -0.2) is 33.0 Å². The second-order valence-corrected chi connectivity index (χ2v) is 15.0. The van der Waals surface area contributed by atoms with Crippen molar-refractivity contribution in [3.63, 3.8) is 0 Å². The first-order valence-electron chi connectivity index (χ1n) is 17.1. The summed E-state index contributed by atoms with van der Waals surface area (Å²) in [6.45, 7) is 16.0. The fraction of sp³-hybridized carbons (Fsp3) is 0.366. The van der Waals surface area contributed by atoms with Crippen LogP contribution in [0.2, 0.25) is 0 Å². The Kier molecular flexibility index (Phi) is 8.08. The Morgan fingerprint density at radius 3 is 1.79 bits per heavy atom. The first-order valence-corrected chi connectivity index (χ1v) is 17.1. The standard InChI is InChI=1S/C41H43N6.Ir/c1-39(2)31-21-19-29(25-32(31)40(3,4)41(39,5)6)33-22-20-30(26-42-33)36-43-37(46-23-11-15-27-13-7-9-17-34(27)46)45-38(44-36)47-24-12-16-28-14-8-10-18-35(28)47;/h7-10,13-14,17-18,20-22,25-26H,11-12,15-16,23-24H2,1-6H3;/q-1;. The van der Waals surface area contributed by atoms with E-state index in [0.717, 1.165) is 55.6 Å². The van der Waals surface area contributed by atoms with E-state index in [-0.39, 0.29) is 36.4 Å². The molecule has 0 N–H and O–H groups in total. The zero-order valence-electron chi connectivity index (χ0n) is 28.8. The first kappa shape index (κ1) is 32.6. The molecule has 0 atom stereocenters. The number of aryl methyl sites for hydroxylation is 2. The maximum Gasteiger partial charge on any atom is 0.235 e. The molecule has 48 heavy (non-hydrogen) atoms. The number of hydrogen-bond acceptors (Lipinski definition) is 6. The molecule has 5 aromatic rings. The Hall–Kier alpha value is -3.93. The van der Waals surface area contributed by atoms with E-state index in [1.807, 2.05) is 6.20 Å². The van der Waals surface area contributed by atoms with Crippen molar-refractivity contribution in [1.29, 1.82) is 0 Å². The number of fused-ring (bicyclic) bond motifs is 3. The van der Waals surface area contributed by atoms with Gasteiger partial charge >= 0.3 is 0 Å². The van der Waals surface area contributed by atoms with Crippen molar-refractivity contribution >= 4 is 23.3 Å². The normalized spacial score (nSPS) is 18.4. The average molecular weight is 812 g/mol. The Bertz CT molecular complexity index is 1920. The van der Waals surface area contributed by atoms with Gasteiger partial charge in [-0.05, 0) is 70.9 Å². The van der Waals surface area contributed by atoms with Crippen molar-refractivity contribution in [3.8, 4) is 22.6 Å². The van der Waals surface area contributed by atoms with E-state index in [1.54, 1.807) is 0 Å². The van der Waals surface area contributed by atoms with Crippen LogP contribution in [0, 0.1) is 11.5 Å². The average Bonchev–Trinajstić information content (AvgIpc) is 3.20. The molecular weight excluding hydrogens is 769 g/mol. The summed E-state index contributed by atoms with van der Waals surface area (Å²) in [5, 5.41) is 0. The van der Waals surface area contributed by atoms with Crippen LogP contribution in [0.4, 0.5) is 23.3 Å². The molecule has 0 bridgehead atoms. The van der Waals surface area contributed by atoms with Crippen LogP contribution >= 0.6 is 0 Å². The van der Waals surface area contributed by atoms with Crippen LogP contribution in [-0.2, 0) is 43.8 Å². The molecule has 7 heteroatoms. The maximum atomic E-state index is 5.14. The van der Waals surface area contributed by atoms with E-state index >= 15 is 0 Å². The van der Waals surface area contributed by atoms with Crippen LogP contribution in [0.25, 0.3) is 22.6 Å². The van der Waals surface area contributed by atoms with Crippen molar-refractivity contribution in [1.82, 2.24) is 19.9 Å². The van der Waals surface area contributed by atoms with Gasteiger partial charge in [-0.1, -0.05) is 90.1 Å². The van der Waals surface area contributed by atoms with E-state index in [9.17, 15) is 0 Å². The predicted molar refractivity (Wildman–Crippen MR) is 191 cm³/mol. The van der Waals surface area contributed by atoms with Gasteiger partial charge in [0.2, 0.25) is 11.9 Å². The molecule has 1 aliphatic carbocycles. The molecule has 3 aromatic carbocycles. The van der Waals surface area contributed by atoms with Crippen molar-refractivity contribution in [3.05, 3.63) is 107 Å². The zero-order valence-corrected chi connectivity index (χ0v) is 31.2. The van der Waals surface area contributed by atoms with E-state index in [2.05, 4.69) is 130 Å². The third-order valence-corrected chi connectivity index (χ3v) is 12.0. The molecule has 0 unspecified atom stereocenters. The van der Waals surface area contributed by atoms with Gasteiger partial charge in [-0.2, -0.15) is 15.0 Å². The third-order valence-electron chi connectivity index (χ3n) is 12.0. The summed E-state index contributed by atoms with van der Waals surface area (Å²) in [6, 6.07) is 29.5. The van der Waals surface area contributed by atoms with E-state index in [1.165, 1.54) is 33.6 Å². The van der Waals surface area contributed by atoms with Crippen molar-refractivity contribution in [2.75, 3.05) is 22.9 Å². The largest absolute Gasteiger partial charge is 0.310 e. The van der Waals surface area contributed by atoms with Crippen LogP contribution < -0.4 is 9.80 Å². The third kappa shape index (κ3) is 5.00. The Balaban J connectivity index is 0.00000364. The number of hydrogen-bond donors (Lipinski definition) is 0. The van der Waals surface area contributed by atoms with E-state index < -0.39 is 0 Å². The summed E-state index contributed by atoms with van der Waals surface area (Å²) < 4.78 is 0. The Morgan fingerprint density at radius 1 is 0.667 bits per heavy atom. The molecule has 0 saturated heterocycles. The molecule has 4 heterocycles. The molecule has 0 saturated carbocycles. The summed E-state index contributed by atoms with van der Waals surface area (Å²) in [5.74, 6) is 2.00. The summed E-state index contributed by atoms with van der Waals surface area (Å²) >= 11 is 0. The molecule has 6 nitrogen and oxygen atoms in total. The Morgan fingerprint density at radius 2 is 1.23 bits per heavy atom. The van der Waals surface area contributed by atoms with Gasteiger partial charge in [-0.25, -0.2) is 0 Å². The van der Waals surface area contributed by atoms with Crippen LogP contribution in [0.15, 0.2) is 79.0 Å². The van der Waals surface area contributed by atoms with Crippen molar-refractivity contribution in [2.24, 2.45) is 5.41 Å². The minimum absolute atomic E-state index is 0. The summed E-state index contributed by atoms with van der Waals surface area (Å²) in [5.41, 5.74) is 10.8. The molecular formula is C41H43IrN6-. The number of pyridine rings is 1. The number of para-hydroxylation sites is 2. The second kappa shape index (κ2) is 11.9. The fourth-order valence-corrected chi connectivity index (χ4v) is 8.02. The number of anilines is 4. The number of aromatic nitrogens is 4. The number of benzene rings is 3. The van der Waals surface area contributed by atoms with Crippen LogP contribution in [0.5, 0.6) is 0 Å². The smallest absolute Gasteiger partial charge is 0.235 e. The predicted octanol–water partition coefficient (Wildman–Crippen LogP) is 9.16. The second-order valence-electron chi connectivity index (χ2n) is 15.0. The van der Waals surface area contributed by atoms with Crippen LogP contribution in [0.3, 0.4) is 0 Å². The minimum Gasteiger partial charge on any atom is -0.310 e. The minimum atomic E-state index is 0. The number of nitrogens with zero attached hydrogens (tertiary/aromatic N) is 6. The molecule has 2 aromatic heterocycles. The maximum absolute atomic E-state index is 5.14. The number of rotatable bonds is 4. The quantitative estimate of drug-likeness (QED) is 0.169. The molecule has 2 aliphatic heterocycles. The first-order chi connectivity index (χ1) is 22.6. The summed E-state index contributed by atoms with van der Waals surface area (Å²) in [7, 11) is 0. The molecule has 0 fully saturated rings. The molecule has 0 amide bonds. The van der Waals surface area contributed by atoms with Gasteiger partial charge in [0.25, 0.3) is 0 Å². The van der Waals surface area contributed by atoms with Crippen LogP contribution in [0.1, 0.15) is 76.6 Å². The SMILES string of the molecule is CC1(C)c2c[c-]c(-c3ccc(-c4nc(N5CCCc6ccccc65)nc(N5CCCc6ccccc65)n4)cn3)cc2C(C)(C)C1(C)C.[Ir].